The van der Waals surface area contributed by atoms with Gasteiger partial charge in [0.2, 0.25) is 0 Å². The minimum Gasteiger partial charge on any atom is -0.369 e. The number of hydrogen-bond acceptors (Lipinski definition) is 5. The van der Waals surface area contributed by atoms with E-state index in [0.29, 0.717) is 13.0 Å². The number of hydrogen-bond donors (Lipinski definition) is 1. The summed E-state index contributed by atoms with van der Waals surface area (Å²) in [6, 6.07) is 19.6. The fourth-order valence-electron chi connectivity index (χ4n) is 4.07. The predicted molar refractivity (Wildman–Crippen MR) is 109 cm³/mol. The molecule has 2 unspecified atom stereocenters. The average Bonchev–Trinajstić information content (AvgIpc) is 3.09. The number of amides is 3. The van der Waals surface area contributed by atoms with Crippen LogP contribution in [0.15, 0.2) is 65.7 Å². The van der Waals surface area contributed by atoms with E-state index in [1.807, 2.05) is 60.7 Å². The fourth-order valence-corrected chi connectivity index (χ4v) is 4.07. The minimum atomic E-state index is -0.972. The van der Waals surface area contributed by atoms with Crippen molar-refractivity contribution < 1.29 is 14.3 Å². The van der Waals surface area contributed by atoms with E-state index in [0.717, 1.165) is 11.1 Å². The van der Waals surface area contributed by atoms with Crippen LogP contribution in [-0.4, -0.2) is 60.5 Å². The van der Waals surface area contributed by atoms with Crippen LogP contribution >= 0.6 is 0 Å². The molecule has 0 saturated carbocycles. The van der Waals surface area contributed by atoms with Crippen molar-refractivity contribution in [3.05, 3.63) is 71.8 Å². The first-order valence-electron chi connectivity index (χ1n) is 9.60. The van der Waals surface area contributed by atoms with Crippen LogP contribution in [0.3, 0.4) is 0 Å². The van der Waals surface area contributed by atoms with Crippen LogP contribution in [0.25, 0.3) is 0 Å². The maximum atomic E-state index is 12.8. The Hall–Kier alpha value is -3.19. The summed E-state index contributed by atoms with van der Waals surface area (Å²) in [5, 5.41) is 2.44. The number of benzene rings is 2. The Morgan fingerprint density at radius 1 is 1.03 bits per heavy atom. The third-order valence-electron chi connectivity index (χ3n) is 5.71. The lowest BCUT2D eigenvalue weighted by Crippen LogP contribution is -2.71. The van der Waals surface area contributed by atoms with Gasteiger partial charge < -0.3 is 14.5 Å². The molecule has 2 atom stereocenters. The van der Waals surface area contributed by atoms with E-state index >= 15 is 0 Å². The molecule has 0 spiro atoms. The van der Waals surface area contributed by atoms with Crippen LogP contribution < -0.4 is 5.32 Å². The quantitative estimate of drug-likeness (QED) is 0.819. The van der Waals surface area contributed by atoms with Crippen molar-refractivity contribution >= 4 is 18.3 Å². The van der Waals surface area contributed by atoms with Gasteiger partial charge in [-0.25, -0.2) is 9.79 Å². The molecule has 1 fully saturated rings. The molecule has 150 valence electrons. The second-order valence-corrected chi connectivity index (χ2v) is 7.37. The summed E-state index contributed by atoms with van der Waals surface area (Å²) in [5.41, 5.74) is 1.12. The molecule has 7 nitrogen and oxygen atoms in total. The van der Waals surface area contributed by atoms with Crippen molar-refractivity contribution in [3.8, 4) is 0 Å². The Labute approximate surface area is 170 Å². The van der Waals surface area contributed by atoms with Crippen LogP contribution in [0.5, 0.6) is 0 Å². The molecule has 2 aliphatic rings. The first-order chi connectivity index (χ1) is 14.0. The molecule has 2 aromatic rings. The van der Waals surface area contributed by atoms with Crippen LogP contribution in [-0.2, 0) is 9.53 Å². The van der Waals surface area contributed by atoms with Gasteiger partial charge in [0.1, 0.15) is 6.10 Å². The van der Waals surface area contributed by atoms with Gasteiger partial charge in [-0.2, -0.15) is 0 Å². The number of ether oxygens (including phenoxy) is 1. The van der Waals surface area contributed by atoms with Crippen molar-refractivity contribution in [3.63, 3.8) is 0 Å². The van der Waals surface area contributed by atoms with E-state index < -0.39 is 17.7 Å². The Morgan fingerprint density at radius 3 is 2.21 bits per heavy atom. The molecule has 2 aromatic carbocycles. The summed E-state index contributed by atoms with van der Waals surface area (Å²) in [6.07, 6.45) is 1.20. The summed E-state index contributed by atoms with van der Waals surface area (Å²) in [6.45, 7) is 0.327. The van der Waals surface area contributed by atoms with Crippen molar-refractivity contribution in [2.45, 2.75) is 24.2 Å². The number of imide groups is 1. The SMILES string of the molecule is CN1C(=O)NC(=O)C2(CCOC(c3ccccc3)c3ccccc3)C1N=CN2C. The van der Waals surface area contributed by atoms with Gasteiger partial charge in [0.25, 0.3) is 5.91 Å². The zero-order valence-corrected chi connectivity index (χ0v) is 16.5. The minimum absolute atomic E-state index is 0.245. The molecule has 0 bridgehead atoms. The number of likely N-dealkylation sites (N-methyl/N-ethyl adjacent to an activating group) is 2. The molecule has 4 rings (SSSR count). The highest BCUT2D eigenvalue weighted by Crippen LogP contribution is 2.35. The number of nitrogens with one attached hydrogen (secondary N) is 1. The lowest BCUT2D eigenvalue weighted by molar-refractivity contribution is -0.136. The first-order valence-corrected chi connectivity index (χ1v) is 9.60. The summed E-state index contributed by atoms with van der Waals surface area (Å²) < 4.78 is 6.31. The molecule has 0 aromatic heterocycles. The number of fused-ring (bicyclic) bond motifs is 1. The van der Waals surface area contributed by atoms with Crippen LogP contribution in [0, 0.1) is 0 Å². The summed E-state index contributed by atoms with van der Waals surface area (Å²) in [5.74, 6) is -0.342. The molecule has 1 N–H and O–H groups in total. The number of rotatable bonds is 6. The van der Waals surface area contributed by atoms with Crippen LogP contribution in [0.2, 0.25) is 0 Å². The number of aliphatic imine (C=N–C) groups is 1. The molecule has 0 radical (unpaired) electrons. The Bertz CT molecular complexity index is 879. The van der Waals surface area contributed by atoms with Gasteiger partial charge in [-0.1, -0.05) is 60.7 Å². The molecule has 0 aliphatic carbocycles. The highest BCUT2D eigenvalue weighted by atomic mass is 16.5. The number of urea groups is 1. The van der Waals surface area contributed by atoms with E-state index in [1.165, 1.54) is 4.90 Å². The smallest absolute Gasteiger partial charge is 0.325 e. The van der Waals surface area contributed by atoms with Crippen LogP contribution in [0.1, 0.15) is 23.7 Å². The predicted octanol–water partition coefficient (Wildman–Crippen LogP) is 2.40. The standard InChI is InChI=1S/C22H24N4O3/c1-25-15-23-19-22(25,20(27)24-21(28)26(19)2)13-14-29-18(16-9-5-3-6-10-16)17-11-7-4-8-12-17/h3-12,15,18-19H,13-14H2,1-2H3,(H,24,27,28). The van der Waals surface area contributed by atoms with Gasteiger partial charge in [0.15, 0.2) is 11.7 Å². The van der Waals surface area contributed by atoms with Crippen molar-refractivity contribution in [2.24, 2.45) is 4.99 Å². The van der Waals surface area contributed by atoms with E-state index in [2.05, 4.69) is 10.3 Å². The second-order valence-electron chi connectivity index (χ2n) is 7.37. The number of nitrogens with zero attached hydrogens (tertiary/aromatic N) is 3. The molecule has 7 heteroatoms. The Kier molecular flexibility index (Phi) is 5.07. The van der Waals surface area contributed by atoms with Crippen molar-refractivity contribution in [1.82, 2.24) is 15.1 Å². The van der Waals surface area contributed by atoms with E-state index in [9.17, 15) is 9.59 Å². The zero-order valence-electron chi connectivity index (χ0n) is 16.5. The molecular formula is C22H24N4O3. The maximum Gasteiger partial charge on any atom is 0.325 e. The fraction of sp³-hybridized carbons (Fsp3) is 0.318. The number of carbonyl (C=O) groups excluding carboxylic acids is 2. The molecule has 1 saturated heterocycles. The van der Waals surface area contributed by atoms with Gasteiger partial charge in [0.05, 0.1) is 12.9 Å². The molecule has 2 heterocycles. The highest BCUT2D eigenvalue weighted by molar-refractivity contribution is 6.04. The van der Waals surface area contributed by atoms with Crippen molar-refractivity contribution in [2.75, 3.05) is 20.7 Å². The first kappa shape index (κ1) is 19.1. The normalized spacial score (nSPS) is 23.5. The third-order valence-corrected chi connectivity index (χ3v) is 5.71. The van der Waals surface area contributed by atoms with E-state index in [4.69, 9.17) is 4.74 Å². The monoisotopic (exact) mass is 392 g/mol. The Morgan fingerprint density at radius 2 is 1.62 bits per heavy atom. The maximum absolute atomic E-state index is 12.8. The molecule has 3 amide bonds. The summed E-state index contributed by atoms with van der Waals surface area (Å²) in [4.78, 5) is 32.5. The van der Waals surface area contributed by atoms with Gasteiger partial charge in [-0.3, -0.25) is 10.1 Å². The van der Waals surface area contributed by atoms with E-state index in [-0.39, 0.29) is 12.0 Å². The zero-order chi connectivity index (χ0) is 20.4. The largest absolute Gasteiger partial charge is 0.369 e. The average molecular weight is 392 g/mol. The third kappa shape index (κ3) is 3.27. The van der Waals surface area contributed by atoms with Crippen molar-refractivity contribution in [1.29, 1.82) is 0 Å². The molecule has 2 aliphatic heterocycles. The summed E-state index contributed by atoms with van der Waals surface area (Å²) in [7, 11) is 3.45. The molecule has 29 heavy (non-hydrogen) atoms. The lowest BCUT2D eigenvalue weighted by Gasteiger charge is -2.45. The van der Waals surface area contributed by atoms with Gasteiger partial charge >= 0.3 is 6.03 Å². The molecular weight excluding hydrogens is 368 g/mol. The second kappa shape index (κ2) is 7.67. The lowest BCUT2D eigenvalue weighted by atomic mass is 9.88. The number of carbonyl (C=O) groups is 2. The van der Waals surface area contributed by atoms with Gasteiger partial charge in [-0.05, 0) is 11.1 Å². The summed E-state index contributed by atoms with van der Waals surface area (Å²) >= 11 is 0. The highest BCUT2D eigenvalue weighted by Gasteiger charge is 2.57. The topological polar surface area (TPSA) is 74.2 Å². The Balaban J connectivity index is 1.55. The van der Waals surface area contributed by atoms with E-state index in [1.54, 1.807) is 25.3 Å². The van der Waals surface area contributed by atoms with Gasteiger partial charge in [0, 0.05) is 20.5 Å². The van der Waals surface area contributed by atoms with Crippen LogP contribution in [0.4, 0.5) is 4.79 Å². The van der Waals surface area contributed by atoms with Gasteiger partial charge in [-0.15, -0.1) is 0 Å².